The van der Waals surface area contributed by atoms with Gasteiger partial charge in [0.2, 0.25) is 5.95 Å². The molecular weight excluding hydrogens is 280 g/mol. The van der Waals surface area contributed by atoms with E-state index in [1.54, 1.807) is 12.1 Å². The van der Waals surface area contributed by atoms with Crippen molar-refractivity contribution in [2.75, 3.05) is 11.3 Å². The highest BCUT2D eigenvalue weighted by molar-refractivity contribution is 7.92. The first-order valence-corrected chi connectivity index (χ1v) is 7.71. The van der Waals surface area contributed by atoms with Crippen LogP contribution in [0.1, 0.15) is 19.8 Å². The summed E-state index contributed by atoms with van der Waals surface area (Å²) in [6.45, 7) is 2.70. The van der Waals surface area contributed by atoms with Gasteiger partial charge in [0, 0.05) is 0 Å². The molecular formula is C12H16N4O3S. The summed E-state index contributed by atoms with van der Waals surface area (Å²) in [6, 6.07) is 6.23. The van der Waals surface area contributed by atoms with Crippen LogP contribution in [0.5, 0.6) is 5.75 Å². The number of H-pyrrole nitrogens is 1. The number of sulfonamides is 1. The molecule has 20 heavy (non-hydrogen) atoms. The van der Waals surface area contributed by atoms with Crippen molar-refractivity contribution in [3.63, 3.8) is 0 Å². The predicted octanol–water partition coefficient (Wildman–Crippen LogP) is 1.78. The molecule has 0 bridgehead atoms. The molecule has 0 aliphatic heterocycles. The Balaban J connectivity index is 2.05. The van der Waals surface area contributed by atoms with E-state index in [-0.39, 0.29) is 10.8 Å². The zero-order chi connectivity index (χ0) is 14.4. The van der Waals surface area contributed by atoms with Gasteiger partial charge in [0.05, 0.1) is 11.5 Å². The third-order valence-electron chi connectivity index (χ3n) is 2.55. The van der Waals surface area contributed by atoms with Crippen LogP contribution >= 0.6 is 0 Å². The zero-order valence-corrected chi connectivity index (χ0v) is 11.9. The summed E-state index contributed by atoms with van der Waals surface area (Å²) in [5.74, 6) is 0.727. The molecule has 0 unspecified atom stereocenters. The molecule has 8 heteroatoms. The van der Waals surface area contributed by atoms with Crippen LogP contribution in [-0.2, 0) is 10.0 Å². The third kappa shape index (κ3) is 3.70. The lowest BCUT2D eigenvalue weighted by Crippen LogP contribution is -2.13. The normalized spacial score (nSPS) is 11.2. The first-order chi connectivity index (χ1) is 9.62. The molecule has 108 valence electrons. The minimum absolute atomic E-state index is 0.0771. The number of benzene rings is 1. The number of aromatic amines is 1. The van der Waals surface area contributed by atoms with Gasteiger partial charge in [0.25, 0.3) is 10.0 Å². The van der Waals surface area contributed by atoms with Crippen molar-refractivity contribution in [1.29, 1.82) is 0 Å². The summed E-state index contributed by atoms with van der Waals surface area (Å²) in [4.78, 5) is 3.85. The van der Waals surface area contributed by atoms with E-state index in [1.165, 1.54) is 18.5 Å². The molecule has 0 fully saturated rings. The van der Waals surface area contributed by atoms with Crippen LogP contribution in [0.2, 0.25) is 0 Å². The Morgan fingerprint density at radius 3 is 2.65 bits per heavy atom. The zero-order valence-electron chi connectivity index (χ0n) is 11.0. The fourth-order valence-electron chi connectivity index (χ4n) is 1.49. The summed E-state index contributed by atoms with van der Waals surface area (Å²) in [5.41, 5.74) is 0. The van der Waals surface area contributed by atoms with Gasteiger partial charge in [-0.1, -0.05) is 13.3 Å². The second kappa shape index (κ2) is 6.38. The summed E-state index contributed by atoms with van der Waals surface area (Å²) >= 11 is 0. The minimum Gasteiger partial charge on any atom is -0.494 e. The second-order valence-electron chi connectivity index (χ2n) is 4.11. The topological polar surface area (TPSA) is 97.0 Å². The van der Waals surface area contributed by atoms with E-state index in [1.807, 2.05) is 0 Å². The predicted molar refractivity (Wildman–Crippen MR) is 74.0 cm³/mol. The largest absolute Gasteiger partial charge is 0.494 e. The number of hydrogen-bond donors (Lipinski definition) is 2. The maximum absolute atomic E-state index is 12.0. The van der Waals surface area contributed by atoms with Crippen LogP contribution in [0.4, 0.5) is 5.95 Å². The summed E-state index contributed by atoms with van der Waals surface area (Å²) in [5, 5.41) is 6.01. The number of rotatable bonds is 7. The molecule has 0 aliphatic rings. The van der Waals surface area contributed by atoms with Crippen molar-refractivity contribution in [2.24, 2.45) is 0 Å². The molecule has 1 heterocycles. The van der Waals surface area contributed by atoms with E-state index in [4.69, 9.17) is 4.74 Å². The molecule has 2 aromatic rings. The van der Waals surface area contributed by atoms with Gasteiger partial charge in [-0.2, -0.15) is 10.1 Å². The lowest BCUT2D eigenvalue weighted by molar-refractivity contribution is 0.309. The lowest BCUT2D eigenvalue weighted by atomic mass is 10.3. The van der Waals surface area contributed by atoms with Crippen molar-refractivity contribution >= 4 is 16.0 Å². The van der Waals surface area contributed by atoms with E-state index in [0.717, 1.165) is 12.8 Å². The monoisotopic (exact) mass is 296 g/mol. The standard InChI is InChI=1S/C12H16N4O3S/c1-2-3-8-19-10-4-6-11(7-5-10)20(17,18)16-12-13-9-14-15-12/h4-7,9H,2-3,8H2,1H3,(H2,13,14,15,16). The fourth-order valence-corrected chi connectivity index (χ4v) is 2.46. The van der Waals surface area contributed by atoms with Crippen molar-refractivity contribution in [1.82, 2.24) is 15.2 Å². The molecule has 1 aromatic carbocycles. The highest BCUT2D eigenvalue weighted by atomic mass is 32.2. The number of anilines is 1. The van der Waals surface area contributed by atoms with Crippen LogP contribution in [0.15, 0.2) is 35.5 Å². The van der Waals surface area contributed by atoms with Gasteiger partial charge in [0.15, 0.2) is 0 Å². The SMILES string of the molecule is CCCCOc1ccc(S(=O)(=O)Nc2ncn[nH]2)cc1. The molecule has 0 spiro atoms. The maximum atomic E-state index is 12.0. The van der Waals surface area contributed by atoms with E-state index < -0.39 is 10.0 Å². The Morgan fingerprint density at radius 1 is 1.30 bits per heavy atom. The van der Waals surface area contributed by atoms with Crippen molar-refractivity contribution in [3.8, 4) is 5.75 Å². The van der Waals surface area contributed by atoms with E-state index >= 15 is 0 Å². The van der Waals surface area contributed by atoms with Crippen LogP contribution in [0.3, 0.4) is 0 Å². The number of unbranched alkanes of at least 4 members (excludes halogenated alkanes) is 1. The van der Waals surface area contributed by atoms with E-state index in [9.17, 15) is 8.42 Å². The smallest absolute Gasteiger partial charge is 0.264 e. The van der Waals surface area contributed by atoms with Gasteiger partial charge in [-0.25, -0.2) is 18.2 Å². The van der Waals surface area contributed by atoms with E-state index in [0.29, 0.717) is 12.4 Å². The minimum atomic E-state index is -3.66. The van der Waals surface area contributed by atoms with Gasteiger partial charge >= 0.3 is 0 Å². The van der Waals surface area contributed by atoms with Crippen molar-refractivity contribution < 1.29 is 13.2 Å². The Labute approximate surface area is 117 Å². The molecule has 0 amide bonds. The van der Waals surface area contributed by atoms with Gasteiger partial charge in [-0.05, 0) is 30.7 Å². The van der Waals surface area contributed by atoms with Crippen LogP contribution in [0.25, 0.3) is 0 Å². The number of ether oxygens (including phenoxy) is 1. The molecule has 1 aromatic heterocycles. The Morgan fingerprint density at radius 2 is 2.05 bits per heavy atom. The van der Waals surface area contributed by atoms with Gasteiger partial charge in [-0.3, -0.25) is 0 Å². The van der Waals surface area contributed by atoms with E-state index in [2.05, 4.69) is 26.8 Å². The highest BCUT2D eigenvalue weighted by Crippen LogP contribution is 2.17. The highest BCUT2D eigenvalue weighted by Gasteiger charge is 2.15. The summed E-state index contributed by atoms with van der Waals surface area (Å²) in [6.07, 6.45) is 3.24. The fraction of sp³-hybridized carbons (Fsp3) is 0.333. The molecule has 0 saturated heterocycles. The molecule has 2 N–H and O–H groups in total. The summed E-state index contributed by atoms with van der Waals surface area (Å²) < 4.78 is 31.8. The second-order valence-corrected chi connectivity index (χ2v) is 5.80. The van der Waals surface area contributed by atoms with Gasteiger partial charge in [0.1, 0.15) is 12.1 Å². The van der Waals surface area contributed by atoms with Crippen molar-refractivity contribution in [3.05, 3.63) is 30.6 Å². The molecule has 0 atom stereocenters. The first-order valence-electron chi connectivity index (χ1n) is 6.23. The maximum Gasteiger partial charge on any atom is 0.264 e. The Hall–Kier alpha value is -2.09. The van der Waals surface area contributed by atoms with Crippen molar-refractivity contribution in [2.45, 2.75) is 24.7 Å². The molecule has 0 saturated carbocycles. The van der Waals surface area contributed by atoms with Crippen LogP contribution in [0, 0.1) is 0 Å². The van der Waals surface area contributed by atoms with Crippen LogP contribution < -0.4 is 9.46 Å². The summed E-state index contributed by atoms with van der Waals surface area (Å²) in [7, 11) is -3.66. The Kier molecular flexibility index (Phi) is 4.57. The number of nitrogens with one attached hydrogen (secondary N) is 2. The average Bonchev–Trinajstić information content (AvgIpc) is 2.92. The third-order valence-corrected chi connectivity index (χ3v) is 3.90. The molecule has 2 rings (SSSR count). The Bertz CT molecular complexity index is 623. The number of nitrogens with zero attached hydrogens (tertiary/aromatic N) is 2. The lowest BCUT2D eigenvalue weighted by Gasteiger charge is -2.07. The molecule has 0 radical (unpaired) electrons. The first kappa shape index (κ1) is 14.3. The van der Waals surface area contributed by atoms with Crippen LogP contribution in [-0.4, -0.2) is 30.2 Å². The van der Waals surface area contributed by atoms with Gasteiger partial charge in [-0.15, -0.1) is 0 Å². The molecule has 7 nitrogen and oxygen atoms in total. The quantitative estimate of drug-likeness (QED) is 0.759. The average molecular weight is 296 g/mol. The van der Waals surface area contributed by atoms with Gasteiger partial charge < -0.3 is 4.74 Å². The number of hydrogen-bond acceptors (Lipinski definition) is 5. The number of aromatic nitrogens is 3. The molecule has 0 aliphatic carbocycles.